The molecule has 1 heterocycles. The largest absolute Gasteiger partial charge is 0.497 e. The summed E-state index contributed by atoms with van der Waals surface area (Å²) in [6, 6.07) is 38.7. The lowest BCUT2D eigenvalue weighted by Gasteiger charge is -2.32. The molecule has 0 aliphatic carbocycles. The first-order valence-corrected chi connectivity index (χ1v) is 24.5. The van der Waals surface area contributed by atoms with E-state index >= 15 is 0 Å². The first-order valence-electron chi connectivity index (χ1n) is 24.5. The number of carbonyl (C=O) groups excluding carboxylic acids is 2. The highest BCUT2D eigenvalue weighted by Crippen LogP contribution is 2.20. The van der Waals surface area contributed by atoms with Crippen LogP contribution in [-0.2, 0) is 49.8 Å². The minimum Gasteiger partial charge on any atom is -0.497 e. The number of aliphatic hydroxyl groups excluding tert-OH is 1. The number of amides is 2. The number of alkyl carbamates (subject to hydrolysis) is 2. The maximum Gasteiger partial charge on any atom is 0.407 e. The van der Waals surface area contributed by atoms with Crippen LogP contribution in [0, 0.1) is 22.7 Å². The molecule has 0 bridgehead atoms. The number of methoxy groups -OCH3 is 2. The second kappa shape index (κ2) is 32.0. The van der Waals surface area contributed by atoms with E-state index in [1.54, 1.807) is 40.1 Å². The van der Waals surface area contributed by atoms with Crippen LogP contribution in [-0.4, -0.2) is 97.4 Å². The Balaban J connectivity index is 0.000000317. The zero-order valence-electron chi connectivity index (χ0n) is 43.9. The van der Waals surface area contributed by atoms with E-state index in [4.69, 9.17) is 43.9 Å². The van der Waals surface area contributed by atoms with Crippen molar-refractivity contribution < 1.29 is 48.1 Å². The maximum atomic E-state index is 12.6. The van der Waals surface area contributed by atoms with Crippen molar-refractivity contribution in [3.8, 4) is 23.6 Å². The Morgan fingerprint density at radius 2 is 1.17 bits per heavy atom. The normalized spacial score (nSPS) is 14.9. The molecule has 1 aliphatic rings. The summed E-state index contributed by atoms with van der Waals surface area (Å²) in [4.78, 5) is 35.9. The van der Waals surface area contributed by atoms with Crippen LogP contribution < -0.4 is 25.6 Å². The Bertz CT molecular complexity index is 2200. The quantitative estimate of drug-likeness (QED) is 0.0381. The molecule has 5 rings (SSSR count). The molecule has 72 heavy (non-hydrogen) atoms. The smallest absolute Gasteiger partial charge is 0.407 e. The lowest BCUT2D eigenvalue weighted by molar-refractivity contribution is -0.213. The molecule has 0 spiro atoms. The number of carbonyl (C=O) groups is 2. The molecular formula is C56H78N6O10. The van der Waals surface area contributed by atoms with E-state index in [1.807, 2.05) is 144 Å². The molecule has 16 heteroatoms. The number of nitrogens with zero attached hydrogens (tertiary/aromatic N) is 3. The number of hydroxylamine groups is 3. The summed E-state index contributed by atoms with van der Waals surface area (Å²) in [6.07, 6.45) is 1.37. The summed E-state index contributed by atoms with van der Waals surface area (Å²) in [5.41, 5.74) is 6.00. The summed E-state index contributed by atoms with van der Waals surface area (Å²) in [5, 5.41) is 36.1. The van der Waals surface area contributed by atoms with Crippen LogP contribution in [0.5, 0.6) is 11.5 Å². The molecule has 0 radical (unpaired) electrons. The lowest BCUT2D eigenvalue weighted by Crippen LogP contribution is -2.50. The third-order valence-corrected chi connectivity index (χ3v) is 10.6. The molecule has 16 nitrogen and oxygen atoms in total. The van der Waals surface area contributed by atoms with Crippen LogP contribution >= 0.6 is 0 Å². The van der Waals surface area contributed by atoms with Crippen molar-refractivity contribution in [1.29, 1.82) is 10.5 Å². The third kappa shape index (κ3) is 26.8. The van der Waals surface area contributed by atoms with Gasteiger partial charge >= 0.3 is 12.2 Å². The number of epoxide rings is 1. The van der Waals surface area contributed by atoms with Crippen LogP contribution in [0.2, 0.25) is 0 Å². The topological polar surface area (TPSA) is 209 Å². The molecule has 1 aliphatic heterocycles. The van der Waals surface area contributed by atoms with Crippen molar-refractivity contribution in [3.63, 3.8) is 0 Å². The van der Waals surface area contributed by atoms with Gasteiger partial charge in [-0.2, -0.15) is 21.1 Å². The Hall–Kier alpha value is -6.24. The van der Waals surface area contributed by atoms with E-state index in [-0.39, 0.29) is 37.0 Å². The first-order chi connectivity index (χ1) is 34.3. The van der Waals surface area contributed by atoms with Crippen molar-refractivity contribution in [1.82, 2.24) is 21.2 Å². The lowest BCUT2D eigenvalue weighted by atomic mass is 10.0. The number of rotatable bonds is 24. The van der Waals surface area contributed by atoms with Gasteiger partial charge in [0.25, 0.3) is 0 Å². The molecule has 2 amide bonds. The standard InChI is InChI=1S/C28H39N3O5.C15H21NO3.C13H18N2O2/c1-21(10-9-17-29)36-31(19-23-13-15-24(34-5)16-14-23)20-26(32)25(18-22-11-7-6-8-12-22)30-27(33)35-28(2,3)4;1-15(2,3)19-14(17)16-12(13-10-18-13)9-11-7-5-4-6-8-11;1-11(4-3-9-14)17-15-10-12-5-7-13(16-2)8-6-12/h6-8,11-16,21,25-26,32H,9-10,18-20H2,1-5H3,(H,30,33);4-8,12-13H,9-10H2,1-3H3,(H,16,17);5-8,11,15H,3-4,10H2,1-2H3. The van der Waals surface area contributed by atoms with Crippen molar-refractivity contribution in [3.05, 3.63) is 131 Å². The molecule has 6 unspecified atom stereocenters. The average Bonchev–Trinajstić information content (AvgIpc) is 4.19. The van der Waals surface area contributed by atoms with E-state index in [0.29, 0.717) is 45.4 Å². The predicted molar refractivity (Wildman–Crippen MR) is 276 cm³/mol. The number of aliphatic hydroxyl groups is 1. The van der Waals surface area contributed by atoms with E-state index in [0.717, 1.165) is 41.0 Å². The minimum absolute atomic E-state index is 0.0303. The highest BCUT2D eigenvalue weighted by molar-refractivity contribution is 5.68. The molecular weight excluding hydrogens is 917 g/mol. The van der Waals surface area contributed by atoms with Crippen LogP contribution in [0.3, 0.4) is 0 Å². The number of benzene rings is 4. The molecule has 6 atom stereocenters. The van der Waals surface area contributed by atoms with E-state index in [9.17, 15) is 14.7 Å². The van der Waals surface area contributed by atoms with Gasteiger partial charge in [0.1, 0.15) is 28.8 Å². The fourth-order valence-electron chi connectivity index (χ4n) is 6.83. The Labute approximate surface area is 427 Å². The molecule has 0 saturated carbocycles. The first kappa shape index (κ1) is 60.1. The van der Waals surface area contributed by atoms with Gasteiger partial charge in [-0.05, 0) is 128 Å². The number of nitrogens with one attached hydrogen (secondary N) is 3. The molecule has 4 N–H and O–H groups in total. The van der Waals surface area contributed by atoms with E-state index in [2.05, 4.69) is 28.3 Å². The Kier molecular flexibility index (Phi) is 26.7. The summed E-state index contributed by atoms with van der Waals surface area (Å²) in [7, 11) is 3.26. The van der Waals surface area contributed by atoms with Gasteiger partial charge in [0.15, 0.2) is 0 Å². The van der Waals surface area contributed by atoms with E-state index < -0.39 is 29.4 Å². The maximum absolute atomic E-state index is 12.6. The number of nitriles is 2. The van der Waals surface area contributed by atoms with Gasteiger partial charge in [-0.25, -0.2) is 9.59 Å². The summed E-state index contributed by atoms with van der Waals surface area (Å²) >= 11 is 0. The second-order valence-corrected chi connectivity index (χ2v) is 19.4. The molecule has 1 saturated heterocycles. The van der Waals surface area contributed by atoms with Crippen LogP contribution in [0.15, 0.2) is 109 Å². The zero-order chi connectivity index (χ0) is 52.9. The van der Waals surface area contributed by atoms with Gasteiger partial charge in [0.05, 0.1) is 69.9 Å². The second-order valence-electron chi connectivity index (χ2n) is 19.4. The minimum atomic E-state index is -0.959. The molecule has 0 aromatic heterocycles. The molecule has 1 fully saturated rings. The van der Waals surface area contributed by atoms with Crippen molar-refractivity contribution in [2.24, 2.45) is 0 Å². The number of hydrogen-bond acceptors (Lipinski definition) is 14. The zero-order valence-corrected chi connectivity index (χ0v) is 43.9. The van der Waals surface area contributed by atoms with Gasteiger partial charge in [-0.15, -0.1) is 0 Å². The van der Waals surface area contributed by atoms with Crippen LogP contribution in [0.1, 0.15) is 103 Å². The molecule has 4 aromatic rings. The fourth-order valence-corrected chi connectivity index (χ4v) is 6.83. The van der Waals surface area contributed by atoms with Gasteiger partial charge in [-0.1, -0.05) is 84.9 Å². The Morgan fingerprint density at radius 1 is 0.694 bits per heavy atom. The number of ether oxygens (including phenoxy) is 5. The van der Waals surface area contributed by atoms with Crippen molar-refractivity contribution in [2.45, 2.75) is 155 Å². The van der Waals surface area contributed by atoms with Crippen molar-refractivity contribution >= 4 is 12.2 Å². The van der Waals surface area contributed by atoms with Gasteiger partial charge in [0, 0.05) is 25.9 Å². The van der Waals surface area contributed by atoms with Gasteiger partial charge < -0.3 is 39.4 Å². The summed E-state index contributed by atoms with van der Waals surface area (Å²) in [6.45, 7) is 16.7. The van der Waals surface area contributed by atoms with Crippen LogP contribution in [0.4, 0.5) is 9.59 Å². The third-order valence-electron chi connectivity index (χ3n) is 10.6. The Morgan fingerprint density at radius 3 is 1.64 bits per heavy atom. The molecule has 4 aromatic carbocycles. The average molecular weight is 995 g/mol. The predicted octanol–water partition coefficient (Wildman–Crippen LogP) is 9.55. The van der Waals surface area contributed by atoms with Crippen molar-refractivity contribution in [2.75, 3.05) is 27.4 Å². The summed E-state index contributed by atoms with van der Waals surface area (Å²) in [5.74, 6) is 1.59. The summed E-state index contributed by atoms with van der Waals surface area (Å²) < 4.78 is 26.3. The fraction of sp³-hybridized carbons (Fsp3) is 0.500. The highest BCUT2D eigenvalue weighted by atomic mass is 16.7. The SMILES string of the molecule is CC(C)(C)OC(=O)NC(Cc1ccccc1)C1CO1.COc1ccc(CN(CC(O)C(Cc2ccccc2)NC(=O)OC(C)(C)C)OC(C)CCC#N)cc1.COc1ccc(CNOC(C)CCC#N)cc1. The van der Waals surface area contributed by atoms with E-state index in [1.165, 1.54) is 5.56 Å². The number of hydrogen-bond donors (Lipinski definition) is 4. The van der Waals surface area contributed by atoms with Crippen LogP contribution in [0.25, 0.3) is 0 Å². The molecule has 392 valence electrons. The van der Waals surface area contributed by atoms with Gasteiger partial charge in [0.2, 0.25) is 0 Å². The highest BCUT2D eigenvalue weighted by Gasteiger charge is 2.35. The monoisotopic (exact) mass is 995 g/mol. The van der Waals surface area contributed by atoms with Gasteiger partial charge in [-0.3, -0.25) is 9.68 Å².